The van der Waals surface area contributed by atoms with Crippen molar-refractivity contribution in [3.05, 3.63) is 0 Å². The average Bonchev–Trinajstić information content (AvgIpc) is 1.88. The molecule has 3 heteroatoms. The van der Waals surface area contributed by atoms with Crippen LogP contribution in [0.25, 0.3) is 0 Å². The maximum Gasteiger partial charge on any atom is 0.0190 e. The van der Waals surface area contributed by atoms with Crippen LogP contribution in [0.4, 0.5) is 0 Å². The van der Waals surface area contributed by atoms with Crippen molar-refractivity contribution in [2.45, 2.75) is 36.8 Å². The van der Waals surface area contributed by atoms with Gasteiger partial charge >= 0.3 is 0 Å². The van der Waals surface area contributed by atoms with Crippen LogP contribution in [-0.4, -0.2) is 11.1 Å². The summed E-state index contributed by atoms with van der Waals surface area (Å²) in [6, 6.07) is 0. The van der Waals surface area contributed by atoms with Crippen LogP contribution in [0, 0.1) is 0 Å². The molecule has 0 aromatic rings. The Morgan fingerprint density at radius 1 is 0.889 bits per heavy atom. The van der Waals surface area contributed by atoms with Crippen molar-refractivity contribution in [2.75, 3.05) is 0 Å². The van der Waals surface area contributed by atoms with E-state index in [0.29, 0.717) is 0 Å². The second-order valence-corrected chi connectivity index (χ2v) is 3.58. The predicted molar refractivity (Wildman–Crippen MR) is 39.6 cm³/mol. The minimum atomic E-state index is 0. The predicted octanol–water partition coefficient (Wildman–Crippen LogP) is 0.391. The zero-order valence-corrected chi connectivity index (χ0v) is 6.21. The topological polar surface area (TPSA) is 52.0 Å². The van der Waals surface area contributed by atoms with Crippen molar-refractivity contribution in [1.82, 2.24) is 0 Å². The third kappa shape index (κ3) is 0.858. The quantitative estimate of drug-likeness (QED) is 0.522. The van der Waals surface area contributed by atoms with E-state index in [9.17, 15) is 0 Å². The molecule has 0 aromatic carbocycles. The normalized spacial score (nSPS) is 54.0. The van der Waals surface area contributed by atoms with Gasteiger partial charge in [-0.25, -0.2) is 0 Å². The van der Waals surface area contributed by atoms with Gasteiger partial charge in [0.25, 0.3) is 0 Å². The molecule has 0 saturated heterocycles. The molecule has 0 aliphatic heterocycles. The lowest BCUT2D eigenvalue weighted by Gasteiger charge is -2.42. The Morgan fingerprint density at radius 3 is 1.33 bits per heavy atom. The standard InChI is InChI=1S/C6H12N2.ClH/c7-5-1-2-6(8,3-5)4-5;/h1-4,7-8H2;1H. The summed E-state index contributed by atoms with van der Waals surface area (Å²) in [7, 11) is 0. The summed E-state index contributed by atoms with van der Waals surface area (Å²) in [6.07, 6.45) is 4.45. The van der Waals surface area contributed by atoms with Gasteiger partial charge in [-0.05, 0) is 25.7 Å². The van der Waals surface area contributed by atoms with E-state index in [0.717, 1.165) is 25.7 Å². The first-order chi connectivity index (χ1) is 3.62. The van der Waals surface area contributed by atoms with Gasteiger partial charge in [-0.15, -0.1) is 12.4 Å². The fourth-order valence-electron chi connectivity index (χ4n) is 2.20. The van der Waals surface area contributed by atoms with E-state index in [1.807, 2.05) is 0 Å². The molecule has 0 unspecified atom stereocenters. The number of rotatable bonds is 0. The molecule has 0 atom stereocenters. The number of hydrogen-bond donors (Lipinski definition) is 2. The minimum absolute atomic E-state index is 0. The van der Waals surface area contributed by atoms with Crippen LogP contribution in [-0.2, 0) is 0 Å². The van der Waals surface area contributed by atoms with E-state index < -0.39 is 0 Å². The van der Waals surface area contributed by atoms with Gasteiger partial charge in [-0.3, -0.25) is 0 Å². The summed E-state index contributed by atoms with van der Waals surface area (Å²) in [5.41, 5.74) is 12.0. The summed E-state index contributed by atoms with van der Waals surface area (Å²) in [5.74, 6) is 0. The molecular formula is C6H13ClN2. The van der Waals surface area contributed by atoms with Crippen molar-refractivity contribution in [1.29, 1.82) is 0 Å². The van der Waals surface area contributed by atoms with E-state index >= 15 is 0 Å². The van der Waals surface area contributed by atoms with Crippen LogP contribution in [0.3, 0.4) is 0 Å². The molecule has 3 aliphatic carbocycles. The van der Waals surface area contributed by atoms with E-state index in [1.54, 1.807) is 0 Å². The van der Waals surface area contributed by atoms with E-state index in [2.05, 4.69) is 0 Å². The Balaban J connectivity index is 0.000000405. The first-order valence-electron chi connectivity index (χ1n) is 3.20. The maximum absolute atomic E-state index is 5.85. The molecule has 3 rings (SSSR count). The maximum atomic E-state index is 5.85. The number of fused-ring (bicyclic) bond motifs is 1. The molecule has 0 aromatic heterocycles. The van der Waals surface area contributed by atoms with Gasteiger partial charge in [0.05, 0.1) is 0 Å². The number of halogens is 1. The molecule has 3 saturated carbocycles. The third-order valence-electron chi connectivity index (χ3n) is 2.53. The van der Waals surface area contributed by atoms with Crippen molar-refractivity contribution in [2.24, 2.45) is 11.5 Å². The highest BCUT2D eigenvalue weighted by molar-refractivity contribution is 5.85. The molecule has 54 valence electrons. The SMILES string of the molecule is Cl.NC12CCC(N)(C1)C2. The first-order valence-corrected chi connectivity index (χ1v) is 3.20. The molecule has 2 bridgehead atoms. The second-order valence-electron chi connectivity index (χ2n) is 3.58. The highest BCUT2D eigenvalue weighted by Crippen LogP contribution is 2.51. The van der Waals surface area contributed by atoms with Crippen LogP contribution in [0.2, 0.25) is 0 Å². The van der Waals surface area contributed by atoms with E-state index in [1.165, 1.54) is 0 Å². The minimum Gasteiger partial charge on any atom is -0.325 e. The van der Waals surface area contributed by atoms with Gasteiger partial charge in [-0.1, -0.05) is 0 Å². The van der Waals surface area contributed by atoms with Crippen LogP contribution in [0.15, 0.2) is 0 Å². The second kappa shape index (κ2) is 1.62. The Labute approximate surface area is 61.4 Å². The van der Waals surface area contributed by atoms with Crippen molar-refractivity contribution < 1.29 is 0 Å². The zero-order valence-electron chi connectivity index (χ0n) is 5.39. The highest BCUT2D eigenvalue weighted by atomic mass is 35.5. The lowest BCUT2D eigenvalue weighted by molar-refractivity contribution is 0.205. The van der Waals surface area contributed by atoms with Crippen molar-refractivity contribution in [3.63, 3.8) is 0 Å². The molecule has 2 nitrogen and oxygen atoms in total. The Bertz CT molecular complexity index is 115. The lowest BCUT2D eigenvalue weighted by atomic mass is 9.73. The summed E-state index contributed by atoms with van der Waals surface area (Å²) < 4.78 is 0. The molecular weight excluding hydrogens is 136 g/mol. The summed E-state index contributed by atoms with van der Waals surface area (Å²) in [5, 5.41) is 0. The monoisotopic (exact) mass is 148 g/mol. The number of hydrogen-bond acceptors (Lipinski definition) is 2. The van der Waals surface area contributed by atoms with Gasteiger partial charge in [0.15, 0.2) is 0 Å². The fraction of sp³-hybridized carbons (Fsp3) is 1.00. The van der Waals surface area contributed by atoms with E-state index in [4.69, 9.17) is 11.5 Å². The molecule has 4 N–H and O–H groups in total. The third-order valence-corrected chi connectivity index (χ3v) is 2.53. The Morgan fingerprint density at radius 2 is 1.22 bits per heavy atom. The Hall–Kier alpha value is 0.210. The van der Waals surface area contributed by atoms with Gasteiger partial charge in [0.1, 0.15) is 0 Å². The summed E-state index contributed by atoms with van der Waals surface area (Å²) in [6.45, 7) is 0. The molecule has 3 fully saturated rings. The molecule has 3 aliphatic rings. The van der Waals surface area contributed by atoms with Crippen molar-refractivity contribution >= 4 is 12.4 Å². The van der Waals surface area contributed by atoms with Gasteiger partial charge in [-0.2, -0.15) is 0 Å². The number of nitrogens with two attached hydrogens (primary N) is 2. The molecule has 0 radical (unpaired) electrons. The first kappa shape index (κ1) is 7.32. The van der Waals surface area contributed by atoms with E-state index in [-0.39, 0.29) is 23.5 Å². The molecule has 9 heavy (non-hydrogen) atoms. The van der Waals surface area contributed by atoms with Crippen LogP contribution >= 0.6 is 12.4 Å². The smallest absolute Gasteiger partial charge is 0.0190 e. The van der Waals surface area contributed by atoms with Crippen LogP contribution < -0.4 is 11.5 Å². The molecule has 0 heterocycles. The zero-order chi connectivity index (χ0) is 5.83. The highest BCUT2D eigenvalue weighted by Gasteiger charge is 2.56. The van der Waals surface area contributed by atoms with Gasteiger partial charge in [0.2, 0.25) is 0 Å². The summed E-state index contributed by atoms with van der Waals surface area (Å²) in [4.78, 5) is 0. The van der Waals surface area contributed by atoms with Crippen molar-refractivity contribution in [3.8, 4) is 0 Å². The van der Waals surface area contributed by atoms with Crippen LogP contribution in [0.1, 0.15) is 25.7 Å². The van der Waals surface area contributed by atoms with Gasteiger partial charge < -0.3 is 11.5 Å². The molecule has 0 spiro atoms. The lowest BCUT2D eigenvalue weighted by Crippen LogP contribution is -2.58. The van der Waals surface area contributed by atoms with Gasteiger partial charge in [0, 0.05) is 11.1 Å². The summed E-state index contributed by atoms with van der Waals surface area (Å²) >= 11 is 0. The average molecular weight is 149 g/mol. The largest absolute Gasteiger partial charge is 0.325 e. The fourth-order valence-corrected chi connectivity index (χ4v) is 2.20. The Kier molecular flexibility index (Phi) is 1.32. The molecule has 0 amide bonds. The van der Waals surface area contributed by atoms with Crippen LogP contribution in [0.5, 0.6) is 0 Å².